The first kappa shape index (κ1) is 21.3. The van der Waals surface area contributed by atoms with Gasteiger partial charge in [0, 0.05) is 12.5 Å². The van der Waals surface area contributed by atoms with E-state index < -0.39 is 12.0 Å². The standard InChI is InChI=1S/C24H22F2O4/c1-24(25,26)23(19-6-4-3-5-7-19)30-22-14-18(15-27)10-13-21(22)29-16-17-8-11-20(28-2)12-9-17/h3-15,23H,16H2,1-2H3/t23-/m0/s1. The van der Waals surface area contributed by atoms with E-state index in [-0.39, 0.29) is 18.1 Å². The SMILES string of the molecule is COc1ccc(COc2ccc(C=O)cc2O[C@@H](c2ccccc2)C(C)(F)F)cc1. The van der Waals surface area contributed by atoms with Gasteiger partial charge in [-0.3, -0.25) is 4.79 Å². The monoisotopic (exact) mass is 412 g/mol. The van der Waals surface area contributed by atoms with Crippen LogP contribution in [-0.4, -0.2) is 19.3 Å². The van der Waals surface area contributed by atoms with Gasteiger partial charge in [0.2, 0.25) is 0 Å². The second-order valence-electron chi connectivity index (χ2n) is 6.83. The van der Waals surface area contributed by atoms with Crippen LogP contribution in [0.25, 0.3) is 0 Å². The highest BCUT2D eigenvalue weighted by Crippen LogP contribution is 2.39. The molecular weight excluding hydrogens is 390 g/mol. The number of halogens is 2. The van der Waals surface area contributed by atoms with Gasteiger partial charge in [-0.25, -0.2) is 8.78 Å². The third kappa shape index (κ3) is 5.35. The molecule has 156 valence electrons. The van der Waals surface area contributed by atoms with Gasteiger partial charge in [0.25, 0.3) is 5.92 Å². The largest absolute Gasteiger partial charge is 0.497 e. The van der Waals surface area contributed by atoms with E-state index in [9.17, 15) is 13.6 Å². The van der Waals surface area contributed by atoms with Crippen molar-refractivity contribution in [3.63, 3.8) is 0 Å². The highest BCUT2D eigenvalue weighted by molar-refractivity contribution is 5.76. The number of hydrogen-bond acceptors (Lipinski definition) is 4. The third-order valence-corrected chi connectivity index (χ3v) is 4.46. The number of carbonyl (C=O) groups is 1. The molecule has 0 radical (unpaired) electrons. The van der Waals surface area contributed by atoms with Crippen LogP contribution in [0.2, 0.25) is 0 Å². The number of methoxy groups -OCH3 is 1. The van der Waals surface area contributed by atoms with Gasteiger partial charge >= 0.3 is 0 Å². The maximum Gasteiger partial charge on any atom is 0.285 e. The fourth-order valence-corrected chi connectivity index (χ4v) is 2.91. The molecule has 4 nitrogen and oxygen atoms in total. The molecule has 0 saturated heterocycles. The van der Waals surface area contributed by atoms with Crippen LogP contribution in [0.3, 0.4) is 0 Å². The molecule has 0 aromatic heterocycles. The van der Waals surface area contributed by atoms with Crippen LogP contribution >= 0.6 is 0 Å². The molecule has 3 rings (SSSR count). The van der Waals surface area contributed by atoms with E-state index in [1.54, 1.807) is 61.7 Å². The number of alkyl halides is 2. The molecule has 0 unspecified atom stereocenters. The number of benzene rings is 3. The lowest BCUT2D eigenvalue weighted by atomic mass is 10.0. The zero-order chi connectivity index (χ0) is 21.6. The fraction of sp³-hybridized carbons (Fsp3) is 0.208. The van der Waals surface area contributed by atoms with Crippen LogP contribution in [0.4, 0.5) is 8.78 Å². The van der Waals surface area contributed by atoms with Crippen molar-refractivity contribution < 1.29 is 27.8 Å². The van der Waals surface area contributed by atoms with Gasteiger partial charge < -0.3 is 14.2 Å². The fourth-order valence-electron chi connectivity index (χ4n) is 2.91. The number of carbonyl (C=O) groups excluding carboxylic acids is 1. The Morgan fingerprint density at radius 2 is 1.67 bits per heavy atom. The van der Waals surface area contributed by atoms with E-state index in [4.69, 9.17) is 14.2 Å². The smallest absolute Gasteiger partial charge is 0.285 e. The van der Waals surface area contributed by atoms with Gasteiger partial charge in [-0.1, -0.05) is 42.5 Å². The first-order valence-corrected chi connectivity index (χ1v) is 9.35. The molecule has 0 fully saturated rings. The molecule has 0 aliphatic heterocycles. The van der Waals surface area contributed by atoms with Gasteiger partial charge in [0.1, 0.15) is 18.6 Å². The first-order valence-electron chi connectivity index (χ1n) is 9.35. The lowest BCUT2D eigenvalue weighted by Crippen LogP contribution is -2.27. The number of hydrogen-bond donors (Lipinski definition) is 0. The summed E-state index contributed by atoms with van der Waals surface area (Å²) in [7, 11) is 1.58. The van der Waals surface area contributed by atoms with Crippen LogP contribution in [0.1, 0.15) is 34.5 Å². The molecule has 6 heteroatoms. The van der Waals surface area contributed by atoms with Gasteiger partial charge in [-0.2, -0.15) is 0 Å². The zero-order valence-corrected chi connectivity index (χ0v) is 16.7. The minimum Gasteiger partial charge on any atom is -0.497 e. The van der Waals surface area contributed by atoms with E-state index in [0.29, 0.717) is 23.2 Å². The Hall–Kier alpha value is -3.41. The van der Waals surface area contributed by atoms with Crippen LogP contribution in [-0.2, 0) is 6.61 Å². The van der Waals surface area contributed by atoms with E-state index in [0.717, 1.165) is 12.5 Å². The van der Waals surface area contributed by atoms with Crippen LogP contribution in [0.5, 0.6) is 17.2 Å². The van der Waals surface area contributed by atoms with E-state index in [2.05, 4.69) is 0 Å². The molecular formula is C24H22F2O4. The molecule has 0 bridgehead atoms. The Labute approximate surface area is 174 Å². The van der Waals surface area contributed by atoms with Crippen molar-refractivity contribution >= 4 is 6.29 Å². The second-order valence-corrected chi connectivity index (χ2v) is 6.83. The van der Waals surface area contributed by atoms with Crippen LogP contribution < -0.4 is 14.2 Å². The zero-order valence-electron chi connectivity index (χ0n) is 16.7. The van der Waals surface area contributed by atoms with Crippen molar-refractivity contribution in [3.8, 4) is 17.2 Å². The maximum atomic E-state index is 14.3. The summed E-state index contributed by atoms with van der Waals surface area (Å²) >= 11 is 0. The maximum absolute atomic E-state index is 14.3. The van der Waals surface area contributed by atoms with E-state index >= 15 is 0 Å². The molecule has 0 spiro atoms. The molecule has 0 N–H and O–H groups in total. The Morgan fingerprint density at radius 3 is 2.27 bits per heavy atom. The summed E-state index contributed by atoms with van der Waals surface area (Å²) in [5, 5.41) is 0. The highest BCUT2D eigenvalue weighted by atomic mass is 19.3. The first-order chi connectivity index (χ1) is 14.4. The summed E-state index contributed by atoms with van der Waals surface area (Å²) in [4.78, 5) is 11.2. The highest BCUT2D eigenvalue weighted by Gasteiger charge is 2.38. The summed E-state index contributed by atoms with van der Waals surface area (Å²) in [5.41, 5.74) is 1.48. The van der Waals surface area contributed by atoms with E-state index in [1.165, 1.54) is 6.07 Å². The van der Waals surface area contributed by atoms with Crippen molar-refractivity contribution in [2.45, 2.75) is 25.6 Å². The molecule has 1 atom stereocenters. The number of aldehydes is 1. The Kier molecular flexibility index (Phi) is 6.67. The van der Waals surface area contributed by atoms with Crippen LogP contribution in [0, 0.1) is 0 Å². The van der Waals surface area contributed by atoms with Crippen molar-refractivity contribution in [2.75, 3.05) is 7.11 Å². The second kappa shape index (κ2) is 9.39. The average Bonchev–Trinajstić information content (AvgIpc) is 2.76. The Bertz CT molecular complexity index is 967. The Balaban J connectivity index is 1.87. The summed E-state index contributed by atoms with van der Waals surface area (Å²) in [5.74, 6) is -2.11. The van der Waals surface area contributed by atoms with Crippen molar-refractivity contribution in [1.82, 2.24) is 0 Å². The van der Waals surface area contributed by atoms with Gasteiger partial charge in [0.05, 0.1) is 7.11 Å². The molecule has 0 heterocycles. The minimum absolute atomic E-state index is 0.0727. The lowest BCUT2D eigenvalue weighted by molar-refractivity contribution is -0.0833. The molecule has 3 aromatic carbocycles. The molecule has 0 aliphatic carbocycles. The van der Waals surface area contributed by atoms with Crippen LogP contribution in [0.15, 0.2) is 72.8 Å². The van der Waals surface area contributed by atoms with Gasteiger partial charge in [0.15, 0.2) is 17.6 Å². The lowest BCUT2D eigenvalue weighted by Gasteiger charge is -2.26. The summed E-state index contributed by atoms with van der Waals surface area (Å²) < 4.78 is 45.4. The summed E-state index contributed by atoms with van der Waals surface area (Å²) in [6, 6.07) is 20.0. The van der Waals surface area contributed by atoms with Crippen molar-refractivity contribution in [1.29, 1.82) is 0 Å². The molecule has 0 amide bonds. The average molecular weight is 412 g/mol. The molecule has 30 heavy (non-hydrogen) atoms. The minimum atomic E-state index is -3.16. The molecule has 0 aliphatic rings. The molecule has 0 saturated carbocycles. The van der Waals surface area contributed by atoms with Crippen molar-refractivity contribution in [2.24, 2.45) is 0 Å². The van der Waals surface area contributed by atoms with Gasteiger partial charge in [-0.15, -0.1) is 0 Å². The number of rotatable bonds is 9. The summed E-state index contributed by atoms with van der Waals surface area (Å²) in [6.07, 6.45) is -0.911. The third-order valence-electron chi connectivity index (χ3n) is 4.46. The summed E-state index contributed by atoms with van der Waals surface area (Å²) in [6.45, 7) is 0.992. The molecule has 3 aromatic rings. The van der Waals surface area contributed by atoms with Crippen molar-refractivity contribution in [3.05, 3.63) is 89.5 Å². The number of ether oxygens (including phenoxy) is 3. The van der Waals surface area contributed by atoms with E-state index in [1.807, 2.05) is 12.1 Å². The predicted octanol–water partition coefficient (Wildman–Crippen LogP) is 5.86. The van der Waals surface area contributed by atoms with Gasteiger partial charge in [-0.05, 0) is 41.5 Å². The quantitative estimate of drug-likeness (QED) is 0.413. The normalized spacial score (nSPS) is 12.1. The predicted molar refractivity (Wildman–Crippen MR) is 110 cm³/mol. The Morgan fingerprint density at radius 1 is 0.967 bits per heavy atom. The topological polar surface area (TPSA) is 44.8 Å².